The lowest BCUT2D eigenvalue weighted by molar-refractivity contribution is -0.130. The van der Waals surface area contributed by atoms with Gasteiger partial charge in [0.05, 0.1) is 18.8 Å². The predicted octanol–water partition coefficient (Wildman–Crippen LogP) is 3.98. The van der Waals surface area contributed by atoms with E-state index in [1.807, 2.05) is 56.3 Å². The molecule has 0 bridgehead atoms. The monoisotopic (exact) mass is 495 g/mol. The Labute approximate surface area is 205 Å². The molecule has 9 heteroatoms. The quantitative estimate of drug-likeness (QED) is 0.323. The molecule has 0 aliphatic heterocycles. The summed E-state index contributed by atoms with van der Waals surface area (Å²) in [6.45, 7) is 5.40. The second kappa shape index (κ2) is 14.1. The zero-order chi connectivity index (χ0) is 24.2. The molecular weight excluding hydrogens is 465 g/mol. The molecule has 2 unspecified atom stereocenters. The molecule has 2 rings (SSSR count). The van der Waals surface area contributed by atoms with Crippen molar-refractivity contribution in [3.63, 3.8) is 0 Å². The molecule has 0 fully saturated rings. The summed E-state index contributed by atoms with van der Waals surface area (Å²) in [6, 6.07) is 15.8. The molecule has 7 nitrogen and oxygen atoms in total. The van der Waals surface area contributed by atoms with Crippen molar-refractivity contribution >= 4 is 40.7 Å². The van der Waals surface area contributed by atoms with Gasteiger partial charge in [0, 0.05) is 31.8 Å². The molecule has 2 atom stereocenters. The number of carbonyl (C=O) groups is 2. The lowest BCUT2D eigenvalue weighted by Gasteiger charge is -2.23. The van der Waals surface area contributed by atoms with Crippen LogP contribution in [0.3, 0.4) is 0 Å². The van der Waals surface area contributed by atoms with E-state index in [-0.39, 0.29) is 17.9 Å². The van der Waals surface area contributed by atoms with E-state index in [0.717, 1.165) is 11.3 Å². The SMILES string of the molecule is CCOCCN(Cc1ccc(NC(=O)C(N)CC(C)Oc2ccccc2)cc1)C(=O)C(Cl)Cl. The fourth-order valence-corrected chi connectivity index (χ4v) is 3.39. The number of anilines is 1. The maximum absolute atomic E-state index is 12.5. The Hall–Kier alpha value is -2.32. The first-order valence-electron chi connectivity index (χ1n) is 10.8. The molecular formula is C24H31Cl2N3O4. The van der Waals surface area contributed by atoms with E-state index in [9.17, 15) is 9.59 Å². The Morgan fingerprint density at radius 1 is 1.09 bits per heavy atom. The van der Waals surface area contributed by atoms with Gasteiger partial charge in [-0.25, -0.2) is 0 Å². The minimum atomic E-state index is -1.14. The van der Waals surface area contributed by atoms with Crippen molar-refractivity contribution in [2.75, 3.05) is 25.1 Å². The Morgan fingerprint density at radius 3 is 2.36 bits per heavy atom. The molecule has 2 aromatic carbocycles. The van der Waals surface area contributed by atoms with Crippen LogP contribution in [0.25, 0.3) is 0 Å². The first-order chi connectivity index (χ1) is 15.8. The number of carbonyl (C=O) groups excluding carboxylic acids is 2. The van der Waals surface area contributed by atoms with Crippen LogP contribution in [0, 0.1) is 0 Å². The van der Waals surface area contributed by atoms with Gasteiger partial charge < -0.3 is 25.4 Å². The lowest BCUT2D eigenvalue weighted by atomic mass is 10.1. The molecule has 0 aliphatic rings. The highest BCUT2D eigenvalue weighted by molar-refractivity contribution is 6.53. The summed E-state index contributed by atoms with van der Waals surface area (Å²) in [4.78, 5) is 25.1. The third kappa shape index (κ3) is 9.60. The molecule has 0 spiro atoms. The number of benzene rings is 2. The second-order valence-corrected chi connectivity index (χ2v) is 8.62. The van der Waals surface area contributed by atoms with Crippen molar-refractivity contribution in [2.24, 2.45) is 5.73 Å². The first kappa shape index (κ1) is 26.9. The number of ether oxygens (including phenoxy) is 2. The van der Waals surface area contributed by atoms with Gasteiger partial charge in [-0.05, 0) is 43.7 Å². The number of nitrogens with one attached hydrogen (secondary N) is 1. The number of nitrogens with two attached hydrogens (primary N) is 1. The van der Waals surface area contributed by atoms with Crippen LogP contribution in [-0.4, -0.2) is 53.5 Å². The normalized spacial score (nSPS) is 12.8. The van der Waals surface area contributed by atoms with Crippen LogP contribution in [0.5, 0.6) is 5.75 Å². The summed E-state index contributed by atoms with van der Waals surface area (Å²) in [6.07, 6.45) is 0.150. The zero-order valence-corrected chi connectivity index (χ0v) is 20.4. The van der Waals surface area contributed by atoms with Gasteiger partial charge in [-0.1, -0.05) is 53.5 Å². The molecule has 2 aromatic rings. The van der Waals surface area contributed by atoms with Gasteiger partial charge in [-0.3, -0.25) is 9.59 Å². The van der Waals surface area contributed by atoms with Gasteiger partial charge in [0.15, 0.2) is 4.84 Å². The van der Waals surface area contributed by atoms with Gasteiger partial charge >= 0.3 is 0 Å². The third-order valence-electron chi connectivity index (χ3n) is 4.81. The van der Waals surface area contributed by atoms with Crippen LogP contribution in [0.1, 0.15) is 25.8 Å². The number of rotatable bonds is 13. The zero-order valence-electron chi connectivity index (χ0n) is 18.9. The van der Waals surface area contributed by atoms with E-state index < -0.39 is 10.9 Å². The molecule has 0 saturated heterocycles. The number of amides is 2. The Bertz CT molecular complexity index is 866. The summed E-state index contributed by atoms with van der Waals surface area (Å²) < 4.78 is 11.1. The van der Waals surface area contributed by atoms with Crippen LogP contribution in [0.15, 0.2) is 54.6 Å². The van der Waals surface area contributed by atoms with E-state index >= 15 is 0 Å². The molecule has 33 heavy (non-hydrogen) atoms. The van der Waals surface area contributed by atoms with Crippen molar-refractivity contribution in [1.29, 1.82) is 0 Å². The summed E-state index contributed by atoms with van der Waals surface area (Å²) in [5.41, 5.74) is 7.53. The minimum absolute atomic E-state index is 0.219. The highest BCUT2D eigenvalue weighted by atomic mass is 35.5. The van der Waals surface area contributed by atoms with E-state index in [2.05, 4.69) is 5.32 Å². The molecule has 2 amide bonds. The van der Waals surface area contributed by atoms with Crippen LogP contribution in [0.2, 0.25) is 0 Å². The lowest BCUT2D eigenvalue weighted by Crippen LogP contribution is -2.39. The Kier molecular flexibility index (Phi) is 11.5. The van der Waals surface area contributed by atoms with Gasteiger partial charge in [-0.15, -0.1) is 0 Å². The number of hydrogen-bond acceptors (Lipinski definition) is 5. The minimum Gasteiger partial charge on any atom is -0.491 e. The molecule has 3 N–H and O–H groups in total. The standard InChI is InChI=1S/C24H31Cl2N3O4/c1-3-32-14-13-29(24(31)22(25)26)16-18-9-11-19(12-10-18)28-23(30)21(27)15-17(2)33-20-7-5-4-6-8-20/h4-12,17,21-22H,3,13-16,27H2,1-2H3,(H,28,30). The van der Waals surface area contributed by atoms with E-state index in [1.54, 1.807) is 12.1 Å². The van der Waals surface area contributed by atoms with Gasteiger partial charge in [0.25, 0.3) is 5.91 Å². The Morgan fingerprint density at radius 2 is 1.76 bits per heavy atom. The van der Waals surface area contributed by atoms with Gasteiger partial charge in [0.1, 0.15) is 5.75 Å². The predicted molar refractivity (Wildman–Crippen MR) is 132 cm³/mol. The molecule has 180 valence electrons. The van der Waals surface area contributed by atoms with Crippen molar-refractivity contribution in [3.8, 4) is 5.75 Å². The molecule has 0 aromatic heterocycles. The second-order valence-electron chi connectivity index (χ2n) is 7.53. The Balaban J connectivity index is 1.88. The summed E-state index contributed by atoms with van der Waals surface area (Å²) >= 11 is 11.5. The smallest absolute Gasteiger partial charge is 0.256 e. The van der Waals surface area contributed by atoms with E-state index in [0.29, 0.717) is 38.4 Å². The van der Waals surface area contributed by atoms with Crippen LogP contribution in [0.4, 0.5) is 5.69 Å². The molecule has 0 saturated carbocycles. The summed E-state index contributed by atoms with van der Waals surface area (Å²) in [7, 11) is 0. The maximum Gasteiger partial charge on any atom is 0.256 e. The topological polar surface area (TPSA) is 93.9 Å². The number of para-hydroxylation sites is 1. The first-order valence-corrected chi connectivity index (χ1v) is 11.7. The largest absolute Gasteiger partial charge is 0.491 e. The molecule has 0 aliphatic carbocycles. The van der Waals surface area contributed by atoms with E-state index in [4.69, 9.17) is 38.4 Å². The van der Waals surface area contributed by atoms with Gasteiger partial charge in [-0.2, -0.15) is 0 Å². The van der Waals surface area contributed by atoms with Crippen molar-refractivity contribution in [1.82, 2.24) is 4.90 Å². The van der Waals surface area contributed by atoms with Crippen LogP contribution in [-0.2, 0) is 20.9 Å². The van der Waals surface area contributed by atoms with Crippen LogP contribution < -0.4 is 15.8 Å². The number of nitrogens with zero attached hydrogens (tertiary/aromatic N) is 1. The fourth-order valence-electron chi connectivity index (χ4n) is 3.12. The average Bonchev–Trinajstić information content (AvgIpc) is 2.79. The molecule has 0 heterocycles. The van der Waals surface area contributed by atoms with Crippen molar-refractivity contribution < 1.29 is 19.1 Å². The third-order valence-corrected chi connectivity index (χ3v) is 5.18. The summed E-state index contributed by atoms with van der Waals surface area (Å²) in [5.74, 6) is 0.0526. The highest BCUT2D eigenvalue weighted by Crippen LogP contribution is 2.16. The van der Waals surface area contributed by atoms with Crippen molar-refractivity contribution in [2.45, 2.75) is 43.8 Å². The average molecular weight is 496 g/mol. The number of halogens is 2. The van der Waals surface area contributed by atoms with E-state index in [1.165, 1.54) is 4.90 Å². The highest BCUT2D eigenvalue weighted by Gasteiger charge is 2.21. The number of hydrogen-bond donors (Lipinski definition) is 2. The molecule has 0 radical (unpaired) electrons. The van der Waals surface area contributed by atoms with Crippen LogP contribution >= 0.6 is 23.2 Å². The fraction of sp³-hybridized carbons (Fsp3) is 0.417. The van der Waals surface area contributed by atoms with Gasteiger partial charge in [0.2, 0.25) is 5.91 Å². The summed E-state index contributed by atoms with van der Waals surface area (Å²) in [5, 5.41) is 2.81. The number of alkyl halides is 2. The maximum atomic E-state index is 12.5. The van der Waals surface area contributed by atoms with Crippen molar-refractivity contribution in [3.05, 3.63) is 60.2 Å².